The van der Waals surface area contributed by atoms with Crippen LogP contribution in [0.3, 0.4) is 0 Å². The van der Waals surface area contributed by atoms with Crippen molar-refractivity contribution in [1.82, 2.24) is 5.32 Å². The molecule has 2 heteroatoms. The molecule has 0 amide bonds. The van der Waals surface area contributed by atoms with Gasteiger partial charge in [0.2, 0.25) is 0 Å². The monoisotopic (exact) mass is 261 g/mol. The maximum absolute atomic E-state index is 3.91. The minimum atomic E-state index is 0.622. The zero-order valence-electron chi connectivity index (χ0n) is 11.2. The first-order valence-corrected chi connectivity index (χ1v) is 8.52. The van der Waals surface area contributed by atoms with Crippen LogP contribution in [0.1, 0.15) is 49.3 Å². The quantitative estimate of drug-likeness (QED) is 0.884. The molecule has 1 aromatic rings. The largest absolute Gasteiger partial charge is 0.307 e. The van der Waals surface area contributed by atoms with E-state index in [1.54, 1.807) is 11.1 Å². The summed E-state index contributed by atoms with van der Waals surface area (Å²) in [5, 5.41) is 4.83. The number of thioether (sulfide) groups is 1. The standard InChI is InChI=1S/C16H23NS/c1-18-14-9-7-13(8-10-14)17-16-11-6-12-4-2-3-5-15(12)16/h2-5,13-14,16-17H,6-11H2,1H3. The number of nitrogens with one attached hydrogen (secondary N) is 1. The fraction of sp³-hybridized carbons (Fsp3) is 0.625. The fourth-order valence-electron chi connectivity index (χ4n) is 3.48. The topological polar surface area (TPSA) is 12.0 Å². The molecule has 0 aliphatic heterocycles. The molecule has 0 heterocycles. The highest BCUT2D eigenvalue weighted by atomic mass is 32.2. The number of rotatable bonds is 3. The summed E-state index contributed by atoms with van der Waals surface area (Å²) in [4.78, 5) is 0. The van der Waals surface area contributed by atoms with E-state index < -0.39 is 0 Å². The van der Waals surface area contributed by atoms with Crippen molar-refractivity contribution < 1.29 is 0 Å². The third-order valence-corrected chi connectivity index (χ3v) is 5.72. The van der Waals surface area contributed by atoms with E-state index in [2.05, 4.69) is 47.6 Å². The lowest BCUT2D eigenvalue weighted by molar-refractivity contribution is 0.342. The Kier molecular flexibility index (Phi) is 3.95. The van der Waals surface area contributed by atoms with Crippen LogP contribution in [0.15, 0.2) is 24.3 Å². The average molecular weight is 261 g/mol. The Bertz CT molecular complexity index is 396. The van der Waals surface area contributed by atoms with E-state index in [1.807, 2.05) is 0 Å². The van der Waals surface area contributed by atoms with E-state index >= 15 is 0 Å². The van der Waals surface area contributed by atoms with Gasteiger partial charge in [-0.3, -0.25) is 0 Å². The zero-order valence-corrected chi connectivity index (χ0v) is 12.0. The lowest BCUT2D eigenvalue weighted by Crippen LogP contribution is -2.35. The Labute approximate surface area is 115 Å². The third-order valence-electron chi connectivity index (χ3n) is 4.58. The molecule has 0 spiro atoms. The molecule has 1 N–H and O–H groups in total. The number of fused-ring (bicyclic) bond motifs is 1. The molecular weight excluding hydrogens is 238 g/mol. The summed E-state index contributed by atoms with van der Waals surface area (Å²) in [5.41, 5.74) is 3.12. The smallest absolute Gasteiger partial charge is 0.0328 e. The molecule has 1 atom stereocenters. The van der Waals surface area contributed by atoms with Crippen molar-refractivity contribution in [3.8, 4) is 0 Å². The molecule has 3 rings (SSSR count). The molecule has 98 valence electrons. The van der Waals surface area contributed by atoms with Gasteiger partial charge in [0.1, 0.15) is 0 Å². The van der Waals surface area contributed by atoms with Crippen LogP contribution in [0.25, 0.3) is 0 Å². The van der Waals surface area contributed by atoms with Gasteiger partial charge in [0.05, 0.1) is 0 Å². The molecule has 1 fully saturated rings. The third kappa shape index (κ3) is 2.60. The lowest BCUT2D eigenvalue weighted by atomic mass is 9.93. The Hall–Kier alpha value is -0.470. The first kappa shape index (κ1) is 12.6. The number of hydrogen-bond donors (Lipinski definition) is 1. The number of aryl methyl sites for hydroxylation is 1. The van der Waals surface area contributed by atoms with Crippen LogP contribution in [0.2, 0.25) is 0 Å². The zero-order chi connectivity index (χ0) is 12.4. The summed E-state index contributed by atoms with van der Waals surface area (Å²) in [6, 6.07) is 10.3. The second-order valence-electron chi connectivity index (χ2n) is 5.67. The van der Waals surface area contributed by atoms with Gasteiger partial charge in [0.15, 0.2) is 0 Å². The van der Waals surface area contributed by atoms with Gasteiger partial charge in [-0.1, -0.05) is 24.3 Å². The van der Waals surface area contributed by atoms with Crippen LogP contribution in [0.5, 0.6) is 0 Å². The van der Waals surface area contributed by atoms with Crippen LogP contribution in [-0.4, -0.2) is 17.5 Å². The van der Waals surface area contributed by atoms with Crippen LogP contribution in [0.4, 0.5) is 0 Å². The summed E-state index contributed by atoms with van der Waals surface area (Å²) >= 11 is 2.05. The molecule has 1 aromatic carbocycles. The van der Waals surface area contributed by atoms with Crippen LogP contribution in [-0.2, 0) is 6.42 Å². The second kappa shape index (κ2) is 5.66. The Morgan fingerprint density at radius 3 is 2.61 bits per heavy atom. The van der Waals surface area contributed by atoms with Gasteiger partial charge in [0.25, 0.3) is 0 Å². The molecular formula is C16H23NS. The number of hydrogen-bond acceptors (Lipinski definition) is 2. The van der Waals surface area contributed by atoms with Gasteiger partial charge in [-0.25, -0.2) is 0 Å². The molecule has 0 aromatic heterocycles. The fourth-order valence-corrected chi connectivity index (χ4v) is 4.22. The molecule has 2 aliphatic carbocycles. The van der Waals surface area contributed by atoms with E-state index in [0.29, 0.717) is 6.04 Å². The molecule has 18 heavy (non-hydrogen) atoms. The van der Waals surface area contributed by atoms with Crippen LogP contribution >= 0.6 is 11.8 Å². The number of benzene rings is 1. The van der Waals surface area contributed by atoms with Crippen LogP contribution < -0.4 is 5.32 Å². The molecule has 1 nitrogen and oxygen atoms in total. The van der Waals surface area contributed by atoms with E-state index in [9.17, 15) is 0 Å². The van der Waals surface area contributed by atoms with Crippen molar-refractivity contribution in [2.24, 2.45) is 0 Å². The first-order chi connectivity index (χ1) is 8.86. The summed E-state index contributed by atoms with van der Waals surface area (Å²) in [7, 11) is 0. The van der Waals surface area contributed by atoms with Gasteiger partial charge >= 0.3 is 0 Å². The Balaban J connectivity index is 1.59. The molecule has 2 aliphatic rings. The Morgan fingerprint density at radius 2 is 1.83 bits per heavy atom. The van der Waals surface area contributed by atoms with E-state index in [-0.39, 0.29) is 0 Å². The van der Waals surface area contributed by atoms with Crippen molar-refractivity contribution in [3.05, 3.63) is 35.4 Å². The van der Waals surface area contributed by atoms with E-state index in [0.717, 1.165) is 11.3 Å². The van der Waals surface area contributed by atoms with Crippen molar-refractivity contribution in [2.75, 3.05) is 6.26 Å². The van der Waals surface area contributed by atoms with Gasteiger partial charge in [-0.15, -0.1) is 0 Å². The second-order valence-corrected chi connectivity index (χ2v) is 6.80. The van der Waals surface area contributed by atoms with Crippen molar-refractivity contribution in [2.45, 2.75) is 55.9 Å². The highest BCUT2D eigenvalue weighted by molar-refractivity contribution is 7.99. The normalized spacial score (nSPS) is 31.3. The highest BCUT2D eigenvalue weighted by Crippen LogP contribution is 2.33. The van der Waals surface area contributed by atoms with E-state index in [1.165, 1.54) is 38.5 Å². The summed E-state index contributed by atoms with van der Waals surface area (Å²) in [6.45, 7) is 0. The summed E-state index contributed by atoms with van der Waals surface area (Å²) < 4.78 is 0. The maximum Gasteiger partial charge on any atom is 0.0328 e. The van der Waals surface area contributed by atoms with Crippen molar-refractivity contribution in [1.29, 1.82) is 0 Å². The van der Waals surface area contributed by atoms with Gasteiger partial charge in [-0.2, -0.15) is 11.8 Å². The first-order valence-electron chi connectivity index (χ1n) is 7.23. The van der Waals surface area contributed by atoms with Gasteiger partial charge < -0.3 is 5.32 Å². The highest BCUT2D eigenvalue weighted by Gasteiger charge is 2.26. The average Bonchev–Trinajstić information content (AvgIpc) is 2.83. The van der Waals surface area contributed by atoms with Gasteiger partial charge in [-0.05, 0) is 55.9 Å². The summed E-state index contributed by atoms with van der Waals surface area (Å²) in [5.74, 6) is 0. The van der Waals surface area contributed by atoms with Crippen LogP contribution in [0, 0.1) is 0 Å². The van der Waals surface area contributed by atoms with Crippen molar-refractivity contribution in [3.63, 3.8) is 0 Å². The summed E-state index contributed by atoms with van der Waals surface area (Å²) in [6.07, 6.45) is 10.3. The Morgan fingerprint density at radius 1 is 1.06 bits per heavy atom. The molecule has 0 radical (unpaired) electrons. The molecule has 1 unspecified atom stereocenters. The van der Waals surface area contributed by atoms with Gasteiger partial charge in [0, 0.05) is 17.3 Å². The maximum atomic E-state index is 3.91. The molecule has 1 saturated carbocycles. The lowest BCUT2D eigenvalue weighted by Gasteiger charge is -2.30. The predicted octanol–water partition coefficient (Wildman–Crippen LogP) is 3.94. The molecule has 0 bridgehead atoms. The minimum Gasteiger partial charge on any atom is -0.307 e. The molecule has 0 saturated heterocycles. The van der Waals surface area contributed by atoms with E-state index in [4.69, 9.17) is 0 Å². The van der Waals surface area contributed by atoms with Crippen molar-refractivity contribution >= 4 is 11.8 Å². The predicted molar refractivity (Wildman–Crippen MR) is 80.2 cm³/mol. The SMILES string of the molecule is CSC1CCC(NC2CCc3ccccc32)CC1. The minimum absolute atomic E-state index is 0.622.